The number of nitrogens with one attached hydrogen (secondary N) is 3. The van der Waals surface area contributed by atoms with Crippen molar-refractivity contribution in [1.29, 1.82) is 0 Å². The molecule has 316 valence electrons. The van der Waals surface area contributed by atoms with Gasteiger partial charge in [0.2, 0.25) is 11.8 Å². The van der Waals surface area contributed by atoms with Crippen LogP contribution in [0.2, 0.25) is 0 Å². The Hall–Kier alpha value is -5.96. The number of imidazole rings is 1. The van der Waals surface area contributed by atoms with Crippen molar-refractivity contribution in [3.63, 3.8) is 0 Å². The summed E-state index contributed by atoms with van der Waals surface area (Å²) in [7, 11) is 2.51. The van der Waals surface area contributed by atoms with Crippen LogP contribution in [0.3, 0.4) is 0 Å². The number of benzene rings is 3. The number of aromatic nitrogens is 2. The molecule has 8 rings (SSSR count). The average molecular weight is 820 g/mol. The molecule has 0 spiro atoms. The highest BCUT2D eigenvalue weighted by atomic mass is 16.5. The molecule has 3 aromatic carbocycles. The normalized spacial score (nSPS) is 21.4. The van der Waals surface area contributed by atoms with E-state index in [1.165, 1.54) is 14.2 Å². The molecule has 15 nitrogen and oxygen atoms in total. The number of carbonyl (C=O) groups excluding carboxylic acids is 4. The van der Waals surface area contributed by atoms with Gasteiger partial charge in [0.25, 0.3) is 0 Å². The van der Waals surface area contributed by atoms with E-state index in [0.717, 1.165) is 93.5 Å². The van der Waals surface area contributed by atoms with Crippen LogP contribution >= 0.6 is 0 Å². The zero-order chi connectivity index (χ0) is 42.4. The molecule has 4 aliphatic rings. The van der Waals surface area contributed by atoms with E-state index in [2.05, 4.69) is 63.7 Å². The molecule has 60 heavy (non-hydrogen) atoms. The molecular weight excluding hydrogens is 767 g/mol. The third-order valence-corrected chi connectivity index (χ3v) is 12.7. The molecule has 2 saturated heterocycles. The van der Waals surface area contributed by atoms with E-state index in [9.17, 15) is 24.3 Å². The minimum absolute atomic E-state index is 0.0326. The van der Waals surface area contributed by atoms with E-state index in [1.807, 2.05) is 37.9 Å². The summed E-state index contributed by atoms with van der Waals surface area (Å²) >= 11 is 0. The maximum atomic E-state index is 14.0. The molecule has 4 aliphatic heterocycles. The number of aliphatic hydroxyl groups is 1. The first-order valence-electron chi connectivity index (χ1n) is 20.9. The number of nitrogens with zero attached hydrogens (tertiary/aromatic N) is 4. The molecule has 0 radical (unpaired) electrons. The number of H-pyrrole nitrogens is 1. The number of ether oxygens (including phenoxy) is 3. The number of aliphatic imine (C=N–C) groups is 1. The van der Waals surface area contributed by atoms with Gasteiger partial charge in [0.15, 0.2) is 0 Å². The molecule has 4 N–H and O–H groups in total. The Labute approximate surface area is 348 Å². The smallest absolute Gasteiger partial charge is 0.407 e. The number of aliphatic hydroxyl groups excluding tert-OH is 1. The number of rotatable bonds is 10. The third kappa shape index (κ3) is 7.33. The van der Waals surface area contributed by atoms with Gasteiger partial charge >= 0.3 is 12.2 Å². The van der Waals surface area contributed by atoms with Crippen LogP contribution in [0, 0.1) is 5.92 Å². The van der Waals surface area contributed by atoms with Crippen LogP contribution in [0.5, 0.6) is 5.75 Å². The summed E-state index contributed by atoms with van der Waals surface area (Å²) < 4.78 is 15.9. The van der Waals surface area contributed by atoms with Gasteiger partial charge in [0.1, 0.15) is 30.3 Å². The lowest BCUT2D eigenvalue weighted by atomic mass is 9.91. The predicted molar refractivity (Wildman–Crippen MR) is 225 cm³/mol. The molecule has 5 heterocycles. The minimum Gasteiger partial charge on any atom is -0.488 e. The number of fused-ring (bicyclic) bond motifs is 6. The summed E-state index contributed by atoms with van der Waals surface area (Å²) in [6.45, 7) is 7.72. The molecule has 0 bridgehead atoms. The van der Waals surface area contributed by atoms with E-state index >= 15 is 0 Å². The molecule has 2 fully saturated rings. The number of alkyl carbamates (subject to hydrolysis) is 2. The Balaban J connectivity index is 1.02. The van der Waals surface area contributed by atoms with Crippen LogP contribution in [0.1, 0.15) is 82.8 Å². The first-order chi connectivity index (χ1) is 28.9. The highest BCUT2D eigenvalue weighted by Gasteiger charge is 2.43. The van der Waals surface area contributed by atoms with Crippen molar-refractivity contribution in [2.75, 3.05) is 20.8 Å². The Morgan fingerprint density at radius 2 is 1.70 bits per heavy atom. The predicted octanol–water partition coefficient (Wildman–Crippen LogP) is 6.34. The number of hydrogen-bond acceptors (Lipinski definition) is 10. The van der Waals surface area contributed by atoms with E-state index in [0.29, 0.717) is 18.9 Å². The zero-order valence-corrected chi connectivity index (χ0v) is 34.9. The lowest BCUT2D eigenvalue weighted by Gasteiger charge is -2.34. The number of aromatic amines is 1. The van der Waals surface area contributed by atoms with Gasteiger partial charge < -0.3 is 44.7 Å². The second-order valence-corrected chi connectivity index (χ2v) is 16.6. The van der Waals surface area contributed by atoms with Crippen LogP contribution < -0.4 is 15.4 Å². The van der Waals surface area contributed by atoms with Gasteiger partial charge in [0, 0.05) is 29.8 Å². The average Bonchev–Trinajstić information content (AvgIpc) is 4.08. The minimum atomic E-state index is -1.11. The quantitative estimate of drug-likeness (QED) is 0.142. The van der Waals surface area contributed by atoms with Gasteiger partial charge in [0.05, 0.1) is 50.5 Å². The maximum Gasteiger partial charge on any atom is 0.407 e. The third-order valence-electron chi connectivity index (χ3n) is 12.7. The lowest BCUT2D eigenvalue weighted by molar-refractivity contribution is -0.138. The van der Waals surface area contributed by atoms with E-state index in [4.69, 9.17) is 19.5 Å². The second-order valence-electron chi connectivity index (χ2n) is 16.6. The zero-order valence-electron chi connectivity index (χ0n) is 34.9. The van der Waals surface area contributed by atoms with Crippen LogP contribution in [-0.4, -0.2) is 106 Å². The van der Waals surface area contributed by atoms with Crippen molar-refractivity contribution in [2.24, 2.45) is 10.9 Å². The molecule has 4 aromatic rings. The summed E-state index contributed by atoms with van der Waals surface area (Å²) in [6, 6.07) is 12.3. The van der Waals surface area contributed by atoms with Gasteiger partial charge in [-0.05, 0) is 102 Å². The SMILES string of the molecule is CC[C@H]1CC[C@@H](c2ncc(-c3ccc4c(c3)COc3cc5c6c(ccc5cc3-4)N=C([C@@H]3CC[C@H](C)N3C(=O)[C@H](CO)NC(=O)OC)C6)[nH]2)N1C(=O)[C@@H](NC(=O)OC)C(C)C. The fourth-order valence-corrected chi connectivity index (χ4v) is 9.54. The van der Waals surface area contributed by atoms with E-state index in [1.54, 1.807) is 4.90 Å². The summed E-state index contributed by atoms with van der Waals surface area (Å²) in [5, 5.41) is 17.3. The Morgan fingerprint density at radius 1 is 0.933 bits per heavy atom. The number of likely N-dealkylation sites (tertiary alicyclic amines) is 2. The summed E-state index contributed by atoms with van der Waals surface area (Å²) in [4.78, 5) is 68.7. The Morgan fingerprint density at radius 3 is 2.43 bits per heavy atom. The van der Waals surface area contributed by atoms with Crippen molar-refractivity contribution < 1.29 is 38.5 Å². The second kappa shape index (κ2) is 16.6. The lowest BCUT2D eigenvalue weighted by Crippen LogP contribution is -2.55. The highest BCUT2D eigenvalue weighted by Crippen LogP contribution is 2.45. The Kier molecular flexibility index (Phi) is 11.3. The largest absolute Gasteiger partial charge is 0.488 e. The number of methoxy groups -OCH3 is 2. The monoisotopic (exact) mass is 819 g/mol. The summed E-state index contributed by atoms with van der Waals surface area (Å²) in [5.41, 5.74) is 7.76. The van der Waals surface area contributed by atoms with Crippen LogP contribution in [0.15, 0.2) is 53.7 Å². The van der Waals surface area contributed by atoms with Crippen molar-refractivity contribution in [1.82, 2.24) is 30.4 Å². The number of hydrogen-bond donors (Lipinski definition) is 4. The first-order valence-corrected chi connectivity index (χ1v) is 20.9. The number of amides is 4. The fourth-order valence-electron chi connectivity index (χ4n) is 9.54. The van der Waals surface area contributed by atoms with Crippen molar-refractivity contribution in [3.05, 3.63) is 65.6 Å². The standard InChI is InChI=1S/C45H53N7O8/c1-7-28-11-15-38(52(28)43(55)40(23(2)3)50-45(57)59-6)41-46-20-35(48-41)26-9-12-29-27(16-26)22-60-39-19-30-25(17-32(29)39)10-13-33-31(30)18-34(47-33)37-14-8-24(4)51(37)42(54)36(21-53)49-44(56)58-5/h9-10,12-13,16-17,19-20,23-24,28,36-38,40,53H,7-8,11,14-15,18,21-22H2,1-6H3,(H,46,48)(H,49,56)(H,50,57)/t24-,28-,36-,37-,38-,40-/m0/s1. The van der Waals surface area contributed by atoms with Crippen LogP contribution in [-0.2, 0) is 32.1 Å². The molecule has 4 amide bonds. The fraction of sp³-hybridized carbons (Fsp3) is 0.467. The molecule has 0 saturated carbocycles. The molecule has 0 aliphatic carbocycles. The molecular formula is C45H53N7O8. The van der Waals surface area contributed by atoms with Gasteiger partial charge in [-0.3, -0.25) is 14.6 Å². The summed E-state index contributed by atoms with van der Waals surface area (Å²) in [5.74, 6) is 0.878. The molecule has 6 atom stereocenters. The Bertz CT molecular complexity index is 2370. The van der Waals surface area contributed by atoms with Gasteiger partial charge in [-0.25, -0.2) is 14.6 Å². The maximum absolute atomic E-state index is 14.0. The summed E-state index contributed by atoms with van der Waals surface area (Å²) in [6.07, 6.45) is 4.90. The van der Waals surface area contributed by atoms with Crippen LogP contribution in [0.4, 0.5) is 15.3 Å². The number of carbonyl (C=O) groups is 4. The van der Waals surface area contributed by atoms with E-state index < -0.39 is 30.9 Å². The van der Waals surface area contributed by atoms with Crippen LogP contribution in [0.25, 0.3) is 33.2 Å². The highest BCUT2D eigenvalue weighted by molar-refractivity contribution is 6.06. The molecule has 0 unspecified atom stereocenters. The molecule has 1 aromatic heterocycles. The van der Waals surface area contributed by atoms with Gasteiger partial charge in [-0.2, -0.15) is 0 Å². The molecule has 15 heteroatoms. The van der Waals surface area contributed by atoms with E-state index in [-0.39, 0.29) is 41.9 Å². The van der Waals surface area contributed by atoms with Crippen molar-refractivity contribution >= 4 is 46.2 Å². The van der Waals surface area contributed by atoms with Gasteiger partial charge in [-0.1, -0.05) is 39.0 Å². The first kappa shape index (κ1) is 40.8. The topological polar surface area (TPSA) is 188 Å². The van der Waals surface area contributed by atoms with Crippen molar-refractivity contribution in [3.8, 4) is 28.1 Å². The van der Waals surface area contributed by atoms with Crippen molar-refractivity contribution in [2.45, 2.75) is 109 Å². The van der Waals surface area contributed by atoms with Gasteiger partial charge in [-0.15, -0.1) is 0 Å².